The summed E-state index contributed by atoms with van der Waals surface area (Å²) >= 11 is 7.37. The van der Waals surface area contributed by atoms with Gasteiger partial charge in [0.15, 0.2) is 0 Å². The zero-order valence-electron chi connectivity index (χ0n) is 9.82. The van der Waals surface area contributed by atoms with Crippen molar-refractivity contribution in [1.82, 2.24) is 10.3 Å². The summed E-state index contributed by atoms with van der Waals surface area (Å²) in [5.74, 6) is -0.173. The van der Waals surface area contributed by atoms with Gasteiger partial charge in [-0.05, 0) is 12.1 Å². The lowest BCUT2D eigenvalue weighted by molar-refractivity contribution is -0.155. The number of hydrogen-bond acceptors (Lipinski definition) is 3. The van der Waals surface area contributed by atoms with Crippen LogP contribution in [0.15, 0.2) is 24.5 Å². The van der Waals surface area contributed by atoms with Crippen molar-refractivity contribution in [3.8, 4) is 0 Å². The van der Waals surface area contributed by atoms with Crippen molar-refractivity contribution in [3.05, 3.63) is 29.4 Å². The Hall–Kier alpha value is -1.20. The third-order valence-electron chi connectivity index (χ3n) is 4.06. The summed E-state index contributed by atoms with van der Waals surface area (Å²) in [6.07, 6.45) is 4.10. The summed E-state index contributed by atoms with van der Waals surface area (Å²) < 4.78 is 14.7. The lowest BCUT2D eigenvalue weighted by atomic mass is 9.47. The van der Waals surface area contributed by atoms with Crippen molar-refractivity contribution in [1.29, 1.82) is 0 Å². The van der Waals surface area contributed by atoms with Gasteiger partial charge in [0.25, 0.3) is 5.91 Å². The quantitative estimate of drug-likeness (QED) is 0.866. The summed E-state index contributed by atoms with van der Waals surface area (Å²) in [6, 6.07) is 3.68. The predicted octanol–water partition coefficient (Wildman–Crippen LogP) is 2.89. The maximum atomic E-state index is 13.6. The first-order chi connectivity index (χ1) is 9.02. The third kappa shape index (κ3) is 1.43. The molecule has 3 nitrogen and oxygen atoms in total. The second-order valence-corrected chi connectivity index (χ2v) is 6.91. The van der Waals surface area contributed by atoms with Gasteiger partial charge in [-0.25, -0.2) is 4.39 Å². The first-order valence-electron chi connectivity index (χ1n) is 6.02. The number of fused-ring (bicyclic) bond motifs is 1. The number of alkyl halides is 2. The van der Waals surface area contributed by atoms with E-state index in [9.17, 15) is 9.18 Å². The summed E-state index contributed by atoms with van der Waals surface area (Å²) in [5, 5.41) is 3.25. The average Bonchev–Trinajstić information content (AvgIpc) is 2.81. The molecule has 0 aromatic carbocycles. The second-order valence-electron chi connectivity index (χ2n) is 5.39. The van der Waals surface area contributed by atoms with E-state index < -0.39 is 16.6 Å². The number of carbonyl (C=O) groups is 1. The van der Waals surface area contributed by atoms with E-state index in [1.807, 2.05) is 12.1 Å². The second kappa shape index (κ2) is 3.46. The van der Waals surface area contributed by atoms with Crippen molar-refractivity contribution in [2.45, 2.75) is 29.4 Å². The van der Waals surface area contributed by atoms with E-state index in [1.54, 1.807) is 12.4 Å². The highest BCUT2D eigenvalue weighted by atomic mass is 35.5. The number of amides is 1. The number of pyridine rings is 1. The highest BCUT2D eigenvalue weighted by Gasteiger charge is 2.77. The molecule has 1 amide bonds. The monoisotopic (exact) mass is 296 g/mol. The Labute approximate surface area is 117 Å². The first-order valence-corrected chi connectivity index (χ1v) is 7.27. The minimum atomic E-state index is -1.25. The van der Waals surface area contributed by atoms with Crippen LogP contribution in [0.4, 0.5) is 4.39 Å². The Morgan fingerprint density at radius 3 is 3.00 bits per heavy atom. The summed E-state index contributed by atoms with van der Waals surface area (Å²) in [7, 11) is 0. The topological polar surface area (TPSA) is 42.0 Å². The first kappa shape index (κ1) is 11.6. The van der Waals surface area contributed by atoms with Crippen LogP contribution in [-0.4, -0.2) is 27.5 Å². The number of aromatic nitrogens is 1. The molecule has 1 N–H and O–H groups in total. The number of thiophene rings is 1. The van der Waals surface area contributed by atoms with Crippen LogP contribution in [0.1, 0.15) is 22.5 Å². The molecular weight excluding hydrogens is 287 g/mol. The Morgan fingerprint density at radius 1 is 1.58 bits per heavy atom. The van der Waals surface area contributed by atoms with Crippen LogP contribution in [0.3, 0.4) is 0 Å². The molecule has 5 rings (SSSR count). The van der Waals surface area contributed by atoms with Crippen LogP contribution < -0.4 is 5.32 Å². The highest BCUT2D eigenvalue weighted by Crippen LogP contribution is 2.65. The lowest BCUT2D eigenvalue weighted by Crippen LogP contribution is -2.85. The van der Waals surface area contributed by atoms with Gasteiger partial charge in [0.05, 0.1) is 15.8 Å². The third-order valence-corrected chi connectivity index (χ3v) is 5.98. The van der Waals surface area contributed by atoms with Crippen molar-refractivity contribution < 1.29 is 9.18 Å². The fourth-order valence-corrected chi connectivity index (χ4v) is 4.31. The average molecular weight is 297 g/mol. The summed E-state index contributed by atoms with van der Waals surface area (Å²) in [4.78, 5) is 16.8. The van der Waals surface area contributed by atoms with E-state index in [1.165, 1.54) is 11.3 Å². The fourth-order valence-electron chi connectivity index (χ4n) is 3.02. The van der Waals surface area contributed by atoms with Gasteiger partial charge in [-0.3, -0.25) is 9.78 Å². The maximum absolute atomic E-state index is 13.6. The molecule has 0 aliphatic heterocycles. The van der Waals surface area contributed by atoms with Crippen LogP contribution in [0, 0.1) is 0 Å². The van der Waals surface area contributed by atoms with Gasteiger partial charge in [0, 0.05) is 35.3 Å². The molecule has 98 valence electrons. The highest BCUT2D eigenvalue weighted by molar-refractivity contribution is 7.20. The number of carbonyl (C=O) groups excluding carboxylic acids is 1. The smallest absolute Gasteiger partial charge is 0.261 e. The molecule has 19 heavy (non-hydrogen) atoms. The largest absolute Gasteiger partial charge is 0.344 e. The molecule has 2 aromatic rings. The molecular formula is C13H10ClFN2OS. The number of hydrogen-bond donors (Lipinski definition) is 1. The van der Waals surface area contributed by atoms with Crippen molar-refractivity contribution >= 4 is 38.9 Å². The van der Waals surface area contributed by atoms with Crippen LogP contribution in [-0.2, 0) is 0 Å². The lowest BCUT2D eigenvalue weighted by Gasteiger charge is -2.69. The zero-order valence-corrected chi connectivity index (χ0v) is 11.4. The maximum Gasteiger partial charge on any atom is 0.261 e. The molecule has 1 atom stereocenters. The van der Waals surface area contributed by atoms with E-state index in [4.69, 9.17) is 11.6 Å². The standard InChI is InChI=1S/C13H10ClFN2OS/c14-11-12(15)5-13(11,6-12)17-10(18)9-3-7-4-16-2-1-8(7)19-9/h1-4,11H,5-6H2,(H,17,18). The zero-order chi connectivity index (χ0) is 13.3. The normalized spacial score (nSPS) is 35.6. The van der Waals surface area contributed by atoms with Crippen molar-refractivity contribution in [2.24, 2.45) is 0 Å². The molecule has 3 saturated carbocycles. The Morgan fingerprint density at radius 2 is 2.37 bits per heavy atom. The van der Waals surface area contributed by atoms with Gasteiger partial charge in [-0.1, -0.05) is 0 Å². The van der Waals surface area contributed by atoms with Gasteiger partial charge >= 0.3 is 0 Å². The van der Waals surface area contributed by atoms with Gasteiger partial charge < -0.3 is 5.32 Å². The molecule has 1 unspecified atom stereocenters. The Balaban J connectivity index is 1.58. The van der Waals surface area contributed by atoms with Gasteiger partial charge in [0.1, 0.15) is 5.67 Å². The van der Waals surface area contributed by atoms with E-state index in [0.717, 1.165) is 10.1 Å². The number of nitrogens with one attached hydrogen (secondary N) is 1. The molecule has 0 spiro atoms. The van der Waals surface area contributed by atoms with Gasteiger partial charge in [-0.15, -0.1) is 22.9 Å². The minimum Gasteiger partial charge on any atom is -0.344 e. The molecule has 2 heterocycles. The number of rotatable bonds is 2. The molecule has 2 bridgehead atoms. The molecule has 0 radical (unpaired) electrons. The van der Waals surface area contributed by atoms with Crippen LogP contribution in [0.2, 0.25) is 0 Å². The van der Waals surface area contributed by atoms with Crippen molar-refractivity contribution in [3.63, 3.8) is 0 Å². The summed E-state index contributed by atoms with van der Waals surface area (Å²) in [6.45, 7) is 0. The van der Waals surface area contributed by atoms with E-state index >= 15 is 0 Å². The van der Waals surface area contributed by atoms with Crippen molar-refractivity contribution in [2.75, 3.05) is 0 Å². The van der Waals surface area contributed by atoms with Crippen LogP contribution in [0.5, 0.6) is 0 Å². The molecule has 3 aliphatic carbocycles. The Kier molecular flexibility index (Phi) is 2.12. The molecule has 2 aromatic heterocycles. The fraction of sp³-hybridized carbons (Fsp3) is 0.385. The van der Waals surface area contributed by atoms with Crippen LogP contribution in [0.25, 0.3) is 10.1 Å². The molecule has 6 heteroatoms. The van der Waals surface area contributed by atoms with Crippen LogP contribution >= 0.6 is 22.9 Å². The SMILES string of the molecule is O=C(NC12CC(F)(C1)C2Cl)c1cc2cnccc2s1. The molecule has 3 fully saturated rings. The van der Waals surface area contributed by atoms with Gasteiger partial charge in [0.2, 0.25) is 0 Å². The minimum absolute atomic E-state index is 0.173. The number of halogens is 2. The summed E-state index contributed by atoms with van der Waals surface area (Å²) in [5.41, 5.74) is -1.78. The Bertz CT molecular complexity index is 662. The molecule has 3 aliphatic rings. The van der Waals surface area contributed by atoms with E-state index in [2.05, 4.69) is 10.3 Å². The van der Waals surface area contributed by atoms with Gasteiger partial charge in [-0.2, -0.15) is 0 Å². The van der Waals surface area contributed by atoms with E-state index in [0.29, 0.717) is 17.7 Å². The van der Waals surface area contributed by atoms with E-state index in [-0.39, 0.29) is 5.91 Å². The predicted molar refractivity (Wildman–Crippen MR) is 72.5 cm³/mol. The number of nitrogens with zero attached hydrogens (tertiary/aromatic N) is 1. The molecule has 0 saturated heterocycles.